The van der Waals surface area contributed by atoms with E-state index in [-0.39, 0.29) is 5.41 Å². The molecule has 3 aliphatic rings. The van der Waals surface area contributed by atoms with Gasteiger partial charge >= 0.3 is 0 Å². The maximum absolute atomic E-state index is 7.70. The molecule has 3 aliphatic carbocycles. The molecule has 0 unspecified atom stereocenters. The average molecular weight is 665 g/mol. The molecule has 2 bridgehead atoms. The molecule has 0 N–H and O–H groups in total. The molecule has 2 nitrogen and oxygen atoms in total. The molecule has 7 aromatic carbocycles. The lowest BCUT2D eigenvalue weighted by molar-refractivity contribution is 0.327. The van der Waals surface area contributed by atoms with Gasteiger partial charge in [-0.2, -0.15) is 0 Å². The van der Waals surface area contributed by atoms with Crippen LogP contribution >= 0.6 is 11.6 Å². The van der Waals surface area contributed by atoms with Crippen molar-refractivity contribution in [3.8, 4) is 11.1 Å². The van der Waals surface area contributed by atoms with Crippen LogP contribution in [0.2, 0.25) is 5.02 Å². The quantitative estimate of drug-likeness (QED) is 0.174. The molecule has 0 heterocycles. The molecule has 2 fully saturated rings. The lowest BCUT2D eigenvalue weighted by Gasteiger charge is -2.37. The molecule has 0 radical (unpaired) electrons. The van der Waals surface area contributed by atoms with E-state index in [9.17, 15) is 0 Å². The monoisotopic (exact) mass is 664 g/mol. The predicted octanol–water partition coefficient (Wildman–Crippen LogP) is 13.5. The summed E-state index contributed by atoms with van der Waals surface area (Å²) in [6.07, 6.45) is 5.28. The van der Waals surface area contributed by atoms with Crippen LogP contribution in [0, 0.1) is 11.8 Å². The zero-order valence-corrected chi connectivity index (χ0v) is 28.6. The molecule has 7 aromatic rings. The third kappa shape index (κ3) is 4.48. The smallest absolute Gasteiger partial charge is 0.0887 e. The van der Waals surface area contributed by atoms with Gasteiger partial charge in [-0.3, -0.25) is 0 Å². The minimum atomic E-state index is 0.0863. The highest BCUT2D eigenvalue weighted by Crippen LogP contribution is 2.66. The first-order valence-corrected chi connectivity index (χ1v) is 18.3. The van der Waals surface area contributed by atoms with Crippen molar-refractivity contribution in [3.05, 3.63) is 180 Å². The second-order valence-electron chi connectivity index (χ2n) is 14.3. The molecule has 0 aliphatic heterocycles. The standard InChI is InChI=1S/C47H37ClN2/c48-46-44(49(36-14-3-1-4-15-36)37-16-5-2-6-17-37)20-11-21-45(46)50(38-25-23-33-12-7-8-13-34(33)29-38)39-26-27-41-40-18-9-10-19-42(40)47(43(41)30-39)31-32-22-24-35(47)28-32/h1-21,23,25-27,29-30,32,35H,22,24,28,31H2/t32-,35+,47+/m0/s1. The van der Waals surface area contributed by atoms with Crippen LogP contribution in [-0.2, 0) is 5.41 Å². The Labute approximate surface area is 299 Å². The Bertz CT molecular complexity index is 2350. The fraction of sp³-hybridized carbons (Fsp3) is 0.149. The van der Waals surface area contributed by atoms with Crippen molar-refractivity contribution in [3.63, 3.8) is 0 Å². The number of hydrogen-bond acceptors (Lipinski definition) is 2. The molecule has 1 spiro atoms. The van der Waals surface area contributed by atoms with Crippen LogP contribution in [0.3, 0.4) is 0 Å². The average Bonchev–Trinajstić information content (AvgIpc) is 3.87. The number of anilines is 6. The summed E-state index contributed by atoms with van der Waals surface area (Å²) < 4.78 is 0. The maximum atomic E-state index is 7.70. The second-order valence-corrected chi connectivity index (χ2v) is 14.7. The van der Waals surface area contributed by atoms with Crippen molar-refractivity contribution in [1.82, 2.24) is 0 Å². The highest BCUT2D eigenvalue weighted by molar-refractivity contribution is 6.36. The van der Waals surface area contributed by atoms with E-state index in [1.165, 1.54) is 58.7 Å². The zero-order valence-electron chi connectivity index (χ0n) is 27.8. The Morgan fingerprint density at radius 3 is 1.78 bits per heavy atom. The molecule has 3 heteroatoms. The van der Waals surface area contributed by atoms with Gasteiger partial charge in [-0.25, -0.2) is 0 Å². The number of nitrogens with zero attached hydrogens (tertiary/aromatic N) is 2. The maximum Gasteiger partial charge on any atom is 0.0887 e. The number of hydrogen-bond donors (Lipinski definition) is 0. The summed E-state index contributed by atoms with van der Waals surface area (Å²) in [7, 11) is 0. The molecular formula is C47H37ClN2. The van der Waals surface area contributed by atoms with Crippen LogP contribution in [0.25, 0.3) is 21.9 Å². The van der Waals surface area contributed by atoms with Crippen LogP contribution < -0.4 is 9.80 Å². The van der Waals surface area contributed by atoms with Gasteiger partial charge in [0.25, 0.3) is 0 Å². The lowest BCUT2D eigenvalue weighted by Crippen LogP contribution is -2.32. The minimum absolute atomic E-state index is 0.0863. The normalized spacial score (nSPS) is 19.9. The van der Waals surface area contributed by atoms with Gasteiger partial charge in [-0.05, 0) is 125 Å². The van der Waals surface area contributed by atoms with Crippen molar-refractivity contribution >= 4 is 56.5 Å². The van der Waals surface area contributed by atoms with Gasteiger partial charge in [-0.1, -0.05) is 121 Å². The van der Waals surface area contributed by atoms with Gasteiger partial charge in [0, 0.05) is 28.2 Å². The third-order valence-electron chi connectivity index (χ3n) is 11.7. The van der Waals surface area contributed by atoms with E-state index in [4.69, 9.17) is 11.6 Å². The van der Waals surface area contributed by atoms with E-state index in [0.717, 1.165) is 40.0 Å². The van der Waals surface area contributed by atoms with Crippen molar-refractivity contribution in [2.24, 2.45) is 11.8 Å². The Balaban J connectivity index is 1.19. The fourth-order valence-corrected chi connectivity index (χ4v) is 9.99. The predicted molar refractivity (Wildman–Crippen MR) is 210 cm³/mol. The highest BCUT2D eigenvalue weighted by Gasteiger charge is 2.56. The van der Waals surface area contributed by atoms with Crippen molar-refractivity contribution in [1.29, 1.82) is 0 Å². The Morgan fingerprint density at radius 2 is 1.08 bits per heavy atom. The van der Waals surface area contributed by atoms with Crippen LogP contribution in [0.15, 0.2) is 164 Å². The minimum Gasteiger partial charge on any atom is -0.309 e. The Hall–Kier alpha value is -5.31. The van der Waals surface area contributed by atoms with E-state index >= 15 is 0 Å². The fourth-order valence-electron chi connectivity index (χ4n) is 9.69. The van der Waals surface area contributed by atoms with Gasteiger partial charge in [0.2, 0.25) is 0 Å². The van der Waals surface area contributed by atoms with E-state index < -0.39 is 0 Å². The molecule has 10 rings (SSSR count). The molecule has 0 saturated heterocycles. The summed E-state index contributed by atoms with van der Waals surface area (Å²) in [6, 6.07) is 59.3. The van der Waals surface area contributed by atoms with E-state index in [1.54, 1.807) is 0 Å². The second kappa shape index (κ2) is 11.6. The first kappa shape index (κ1) is 29.6. The number of para-hydroxylation sites is 2. The summed E-state index contributed by atoms with van der Waals surface area (Å²) >= 11 is 7.70. The summed E-state index contributed by atoms with van der Waals surface area (Å²) in [5.74, 6) is 1.50. The summed E-state index contributed by atoms with van der Waals surface area (Å²) in [4.78, 5) is 4.64. The van der Waals surface area contributed by atoms with Crippen molar-refractivity contribution < 1.29 is 0 Å². The topological polar surface area (TPSA) is 6.48 Å². The van der Waals surface area contributed by atoms with E-state index in [1.807, 2.05) is 0 Å². The first-order valence-electron chi connectivity index (χ1n) is 17.9. The highest BCUT2D eigenvalue weighted by atomic mass is 35.5. The summed E-state index contributed by atoms with van der Waals surface area (Å²) in [5, 5.41) is 3.13. The van der Waals surface area contributed by atoms with Crippen molar-refractivity contribution in [2.45, 2.75) is 31.1 Å². The Morgan fingerprint density at radius 1 is 0.480 bits per heavy atom. The SMILES string of the molecule is Clc1c(N(c2ccccc2)c2ccccc2)cccc1N(c1ccc2c(c1)[C@@]1(C[C@H]3CC[C@@H]1C3)c1ccccc1-2)c1ccc2ccccc2c1. The first-order chi connectivity index (χ1) is 24.7. The van der Waals surface area contributed by atoms with Gasteiger partial charge in [0.15, 0.2) is 0 Å². The largest absolute Gasteiger partial charge is 0.309 e. The molecular weight excluding hydrogens is 628 g/mol. The summed E-state index contributed by atoms with van der Waals surface area (Å²) in [6.45, 7) is 0. The van der Waals surface area contributed by atoms with E-state index in [2.05, 4.69) is 174 Å². The molecule has 0 aromatic heterocycles. The molecule has 242 valence electrons. The van der Waals surface area contributed by atoms with Crippen LogP contribution in [0.4, 0.5) is 34.1 Å². The van der Waals surface area contributed by atoms with Gasteiger partial charge < -0.3 is 9.80 Å². The van der Waals surface area contributed by atoms with Gasteiger partial charge in [0.05, 0.1) is 16.4 Å². The molecule has 3 atom stereocenters. The molecule has 0 amide bonds. The third-order valence-corrected chi connectivity index (χ3v) is 12.1. The van der Waals surface area contributed by atoms with Crippen LogP contribution in [-0.4, -0.2) is 0 Å². The zero-order chi connectivity index (χ0) is 33.2. The number of halogens is 1. The van der Waals surface area contributed by atoms with Gasteiger partial charge in [-0.15, -0.1) is 0 Å². The Kier molecular flexibility index (Phi) is 6.89. The van der Waals surface area contributed by atoms with Crippen LogP contribution in [0.5, 0.6) is 0 Å². The molecule has 2 saturated carbocycles. The number of rotatable bonds is 6. The van der Waals surface area contributed by atoms with E-state index in [0.29, 0.717) is 10.9 Å². The van der Waals surface area contributed by atoms with Gasteiger partial charge in [0.1, 0.15) is 0 Å². The number of benzene rings is 7. The van der Waals surface area contributed by atoms with Crippen LogP contribution in [0.1, 0.15) is 36.8 Å². The van der Waals surface area contributed by atoms with Crippen molar-refractivity contribution in [2.75, 3.05) is 9.80 Å². The summed E-state index contributed by atoms with van der Waals surface area (Å²) in [5.41, 5.74) is 12.2. The number of fused-ring (bicyclic) bond motifs is 9. The molecule has 50 heavy (non-hydrogen) atoms. The lowest BCUT2D eigenvalue weighted by atomic mass is 9.67.